The van der Waals surface area contributed by atoms with Crippen LogP contribution in [0.2, 0.25) is 0 Å². The summed E-state index contributed by atoms with van der Waals surface area (Å²) in [6, 6.07) is 0. The van der Waals surface area contributed by atoms with Crippen LogP contribution >= 0.6 is 0 Å². The van der Waals surface area contributed by atoms with Crippen molar-refractivity contribution in [3.63, 3.8) is 0 Å². The van der Waals surface area contributed by atoms with Crippen molar-refractivity contribution in [1.29, 1.82) is 0 Å². The van der Waals surface area contributed by atoms with Crippen LogP contribution in [0.15, 0.2) is 24.3 Å². The summed E-state index contributed by atoms with van der Waals surface area (Å²) in [6.07, 6.45) is 5.78. The minimum absolute atomic E-state index is 0.304. The van der Waals surface area contributed by atoms with Gasteiger partial charge in [-0.15, -0.1) is 0 Å². The van der Waals surface area contributed by atoms with Crippen molar-refractivity contribution >= 4 is 0 Å². The van der Waals surface area contributed by atoms with Gasteiger partial charge in [-0.2, -0.15) is 0 Å². The standard InChI is InChI=1S/C8H11F2N/c9-8(10)5-2-1-3-7(8)4-6-11/h1-3,5,7H,4,6,11H2. The Morgan fingerprint density at radius 1 is 1.36 bits per heavy atom. The Bertz CT molecular complexity index is 185. The molecule has 62 valence electrons. The molecule has 1 atom stereocenters. The monoisotopic (exact) mass is 159 g/mol. The molecule has 1 unspecified atom stereocenters. The third kappa shape index (κ3) is 1.87. The smallest absolute Gasteiger partial charge is 0.272 e. The second-order valence-corrected chi connectivity index (χ2v) is 2.60. The number of alkyl halides is 2. The Balaban J connectivity index is 2.64. The van der Waals surface area contributed by atoms with Crippen LogP contribution in [0, 0.1) is 5.92 Å². The van der Waals surface area contributed by atoms with Gasteiger partial charge in [0, 0.05) is 5.92 Å². The summed E-state index contributed by atoms with van der Waals surface area (Å²) in [4.78, 5) is 0. The lowest BCUT2D eigenvalue weighted by Crippen LogP contribution is -2.27. The molecule has 0 fully saturated rings. The number of hydrogen-bond acceptors (Lipinski definition) is 1. The molecule has 0 aromatic rings. The largest absolute Gasteiger partial charge is 0.330 e. The second-order valence-electron chi connectivity index (χ2n) is 2.60. The molecule has 0 amide bonds. The Kier molecular flexibility index (Phi) is 2.39. The number of rotatable bonds is 2. The fourth-order valence-electron chi connectivity index (χ4n) is 1.10. The molecule has 1 nitrogen and oxygen atoms in total. The highest BCUT2D eigenvalue weighted by Crippen LogP contribution is 2.31. The van der Waals surface area contributed by atoms with Gasteiger partial charge < -0.3 is 5.73 Å². The van der Waals surface area contributed by atoms with Crippen molar-refractivity contribution < 1.29 is 8.78 Å². The highest BCUT2D eigenvalue weighted by molar-refractivity contribution is 5.18. The van der Waals surface area contributed by atoms with E-state index in [9.17, 15) is 8.78 Å². The molecular weight excluding hydrogens is 148 g/mol. The number of allylic oxidation sites excluding steroid dienone is 4. The van der Waals surface area contributed by atoms with Crippen LogP contribution < -0.4 is 5.73 Å². The highest BCUT2D eigenvalue weighted by Gasteiger charge is 2.35. The quantitative estimate of drug-likeness (QED) is 0.652. The van der Waals surface area contributed by atoms with Crippen LogP contribution in [-0.4, -0.2) is 12.5 Å². The molecule has 0 spiro atoms. The second kappa shape index (κ2) is 3.13. The van der Waals surface area contributed by atoms with E-state index < -0.39 is 11.8 Å². The van der Waals surface area contributed by atoms with Gasteiger partial charge in [0.15, 0.2) is 0 Å². The van der Waals surface area contributed by atoms with Crippen LogP contribution in [-0.2, 0) is 0 Å². The fourth-order valence-corrected chi connectivity index (χ4v) is 1.10. The Labute approximate surface area is 64.6 Å². The average molecular weight is 159 g/mol. The predicted octanol–water partition coefficient (Wildman–Crippen LogP) is 1.71. The van der Waals surface area contributed by atoms with Crippen molar-refractivity contribution in [2.75, 3.05) is 6.54 Å². The van der Waals surface area contributed by atoms with Crippen LogP contribution in [0.5, 0.6) is 0 Å². The van der Waals surface area contributed by atoms with E-state index in [4.69, 9.17) is 5.73 Å². The molecule has 0 aliphatic heterocycles. The predicted molar refractivity (Wildman–Crippen MR) is 40.4 cm³/mol. The first kappa shape index (κ1) is 8.40. The first-order valence-electron chi connectivity index (χ1n) is 3.61. The van der Waals surface area contributed by atoms with E-state index in [1.807, 2.05) is 0 Å². The molecule has 2 N–H and O–H groups in total. The van der Waals surface area contributed by atoms with E-state index >= 15 is 0 Å². The fraction of sp³-hybridized carbons (Fsp3) is 0.500. The van der Waals surface area contributed by atoms with Crippen molar-refractivity contribution in [3.05, 3.63) is 24.3 Å². The van der Waals surface area contributed by atoms with E-state index in [1.54, 1.807) is 6.08 Å². The van der Waals surface area contributed by atoms with Gasteiger partial charge in [-0.05, 0) is 19.0 Å². The molecule has 0 saturated heterocycles. The molecule has 0 radical (unpaired) electrons. The Hall–Kier alpha value is -0.700. The maximum atomic E-state index is 12.9. The molecule has 0 bridgehead atoms. The lowest BCUT2D eigenvalue weighted by Gasteiger charge is -2.22. The first-order chi connectivity index (χ1) is 5.17. The number of nitrogens with two attached hydrogens (primary N) is 1. The summed E-state index contributed by atoms with van der Waals surface area (Å²) >= 11 is 0. The van der Waals surface area contributed by atoms with Crippen molar-refractivity contribution in [2.45, 2.75) is 12.3 Å². The SMILES string of the molecule is NCCC1C=CC=CC1(F)F. The van der Waals surface area contributed by atoms with Gasteiger partial charge in [0.2, 0.25) is 0 Å². The molecule has 0 aromatic carbocycles. The molecule has 0 heterocycles. The minimum atomic E-state index is -2.70. The summed E-state index contributed by atoms with van der Waals surface area (Å²) in [6.45, 7) is 0.304. The van der Waals surface area contributed by atoms with Gasteiger partial charge in [0.05, 0.1) is 0 Å². The summed E-state index contributed by atoms with van der Waals surface area (Å²) < 4.78 is 25.7. The molecule has 1 rings (SSSR count). The lowest BCUT2D eigenvalue weighted by atomic mass is 9.93. The lowest BCUT2D eigenvalue weighted by molar-refractivity contribution is 0.00699. The summed E-state index contributed by atoms with van der Waals surface area (Å²) in [5.74, 6) is -3.41. The molecule has 3 heteroatoms. The molecule has 11 heavy (non-hydrogen) atoms. The summed E-state index contributed by atoms with van der Waals surface area (Å²) in [7, 11) is 0. The van der Waals surface area contributed by atoms with E-state index in [0.29, 0.717) is 13.0 Å². The molecule has 0 aromatic heterocycles. The minimum Gasteiger partial charge on any atom is -0.330 e. The van der Waals surface area contributed by atoms with Crippen LogP contribution in [0.25, 0.3) is 0 Å². The average Bonchev–Trinajstić information content (AvgIpc) is 1.94. The molecule has 1 aliphatic carbocycles. The van der Waals surface area contributed by atoms with Gasteiger partial charge in [-0.1, -0.05) is 18.2 Å². The Morgan fingerprint density at radius 3 is 2.64 bits per heavy atom. The van der Waals surface area contributed by atoms with E-state index in [2.05, 4.69) is 0 Å². The van der Waals surface area contributed by atoms with Gasteiger partial charge >= 0.3 is 0 Å². The summed E-state index contributed by atoms with van der Waals surface area (Å²) in [5.41, 5.74) is 5.19. The van der Waals surface area contributed by atoms with Gasteiger partial charge in [0.25, 0.3) is 5.92 Å². The van der Waals surface area contributed by atoms with Crippen LogP contribution in [0.4, 0.5) is 8.78 Å². The number of hydrogen-bond donors (Lipinski definition) is 1. The number of halogens is 2. The van der Waals surface area contributed by atoms with Crippen molar-refractivity contribution in [2.24, 2.45) is 11.7 Å². The molecular formula is C8H11F2N. The normalized spacial score (nSPS) is 27.4. The highest BCUT2D eigenvalue weighted by atomic mass is 19.3. The maximum Gasteiger partial charge on any atom is 0.272 e. The van der Waals surface area contributed by atoms with Crippen LogP contribution in [0.1, 0.15) is 6.42 Å². The topological polar surface area (TPSA) is 26.0 Å². The first-order valence-corrected chi connectivity index (χ1v) is 3.61. The van der Waals surface area contributed by atoms with Gasteiger partial charge in [-0.25, -0.2) is 8.78 Å². The maximum absolute atomic E-state index is 12.9. The van der Waals surface area contributed by atoms with E-state index in [-0.39, 0.29) is 0 Å². The van der Waals surface area contributed by atoms with Crippen molar-refractivity contribution in [1.82, 2.24) is 0 Å². The van der Waals surface area contributed by atoms with Gasteiger partial charge in [0.1, 0.15) is 0 Å². The van der Waals surface area contributed by atoms with E-state index in [0.717, 1.165) is 6.08 Å². The van der Waals surface area contributed by atoms with Crippen LogP contribution in [0.3, 0.4) is 0 Å². The summed E-state index contributed by atoms with van der Waals surface area (Å²) in [5, 5.41) is 0. The zero-order valence-corrected chi connectivity index (χ0v) is 6.13. The van der Waals surface area contributed by atoms with Crippen molar-refractivity contribution in [3.8, 4) is 0 Å². The zero-order valence-electron chi connectivity index (χ0n) is 6.13. The third-order valence-corrected chi connectivity index (χ3v) is 1.75. The Morgan fingerprint density at radius 2 is 2.09 bits per heavy atom. The molecule has 0 saturated carbocycles. The molecule has 1 aliphatic rings. The zero-order chi connectivity index (χ0) is 8.32. The van der Waals surface area contributed by atoms with E-state index in [1.165, 1.54) is 12.2 Å². The third-order valence-electron chi connectivity index (χ3n) is 1.75. The van der Waals surface area contributed by atoms with Gasteiger partial charge in [-0.3, -0.25) is 0 Å².